The molecule has 0 atom stereocenters. The van der Waals surface area contributed by atoms with Crippen LogP contribution in [0.15, 0.2) is 0 Å². The molecule has 1 aliphatic heterocycles. The van der Waals surface area contributed by atoms with Crippen LogP contribution in [0.2, 0.25) is 0 Å². The second kappa shape index (κ2) is 10.6. The predicted molar refractivity (Wildman–Crippen MR) is 96.8 cm³/mol. The Morgan fingerprint density at radius 2 is 1.79 bits per heavy atom. The van der Waals surface area contributed by atoms with Gasteiger partial charge in [-0.25, -0.2) is 8.42 Å². The second-order valence-corrected chi connectivity index (χ2v) is 10.0. The van der Waals surface area contributed by atoms with Crippen LogP contribution in [0, 0.1) is 10.8 Å². The molecule has 0 aromatic rings. The van der Waals surface area contributed by atoms with Crippen LogP contribution >= 0.6 is 10.7 Å². The molecule has 1 rings (SSSR count). The lowest BCUT2D eigenvalue weighted by atomic mass is 9.76. The molecule has 0 aromatic heterocycles. The van der Waals surface area contributed by atoms with Crippen molar-refractivity contribution in [2.24, 2.45) is 10.8 Å². The zero-order chi connectivity index (χ0) is 18.9. The van der Waals surface area contributed by atoms with E-state index >= 15 is 0 Å². The molecule has 1 N–H and O–H groups in total. The average molecular weight is 386 g/mol. The number of hydrogen-bond acceptors (Lipinski definition) is 6. The molecule has 24 heavy (non-hydrogen) atoms. The van der Waals surface area contributed by atoms with Gasteiger partial charge in [-0.05, 0) is 44.7 Å². The quantitative estimate of drug-likeness (QED) is 0.559. The number of carbonyl (C=O) groups is 1. The van der Waals surface area contributed by atoms with E-state index in [1.165, 1.54) is 0 Å². The van der Waals surface area contributed by atoms with Gasteiger partial charge in [-0.15, -0.1) is 0 Å². The third-order valence-electron chi connectivity index (χ3n) is 3.66. The number of methoxy groups -OCH3 is 1. The maximum atomic E-state index is 11.9. The van der Waals surface area contributed by atoms with E-state index in [0.717, 1.165) is 32.4 Å². The molecule has 0 saturated carbocycles. The fourth-order valence-electron chi connectivity index (χ4n) is 2.56. The maximum Gasteiger partial charge on any atom is 0.312 e. The fraction of sp³-hybridized carbons (Fsp3) is 0.938. The van der Waals surface area contributed by atoms with Crippen LogP contribution in [0.25, 0.3) is 0 Å². The van der Waals surface area contributed by atoms with Crippen molar-refractivity contribution in [3.8, 4) is 0 Å². The van der Waals surface area contributed by atoms with Crippen molar-refractivity contribution in [3.63, 3.8) is 0 Å². The van der Waals surface area contributed by atoms with Crippen molar-refractivity contribution in [1.82, 2.24) is 5.32 Å². The van der Waals surface area contributed by atoms with Gasteiger partial charge in [0.25, 0.3) is 0 Å². The summed E-state index contributed by atoms with van der Waals surface area (Å²) in [4.78, 5) is 11.9. The standard InChI is InChI=1S/C11H21NO3.C5H11ClO2S/c1-3-15-10(13)11(6-9-14-2)4-7-12-8-5-11;1-5(2,3)4-9(6,7)8/h12H,3-9H2,1-2H3;4H2,1-3H3. The monoisotopic (exact) mass is 385 g/mol. The number of carbonyl (C=O) groups excluding carboxylic acids is 1. The summed E-state index contributed by atoms with van der Waals surface area (Å²) in [6.07, 6.45) is 2.48. The smallest absolute Gasteiger partial charge is 0.312 e. The molecule has 1 fully saturated rings. The van der Waals surface area contributed by atoms with E-state index in [1.54, 1.807) is 7.11 Å². The number of ether oxygens (including phenoxy) is 2. The van der Waals surface area contributed by atoms with Gasteiger partial charge in [-0.2, -0.15) is 0 Å². The summed E-state index contributed by atoms with van der Waals surface area (Å²) in [5.41, 5.74) is -0.544. The van der Waals surface area contributed by atoms with E-state index in [-0.39, 0.29) is 22.6 Å². The molecule has 0 aliphatic carbocycles. The summed E-state index contributed by atoms with van der Waals surface area (Å²) in [5, 5.41) is 3.26. The lowest BCUT2D eigenvalue weighted by Crippen LogP contribution is -2.43. The zero-order valence-corrected chi connectivity index (χ0v) is 17.1. The molecule has 0 amide bonds. The Kier molecular flexibility index (Phi) is 10.4. The van der Waals surface area contributed by atoms with Gasteiger partial charge in [0.05, 0.1) is 17.8 Å². The highest BCUT2D eigenvalue weighted by molar-refractivity contribution is 8.13. The molecule has 6 nitrogen and oxygen atoms in total. The SMILES string of the molecule is CC(C)(C)CS(=O)(=O)Cl.CCOC(=O)C1(CCOC)CCNCC1. The largest absolute Gasteiger partial charge is 0.466 e. The average Bonchev–Trinajstić information content (AvgIpc) is 2.43. The minimum absolute atomic E-state index is 0.0293. The minimum atomic E-state index is -3.31. The first-order valence-electron chi connectivity index (χ1n) is 8.25. The summed E-state index contributed by atoms with van der Waals surface area (Å²) in [6.45, 7) is 10.2. The molecule has 8 heteroatoms. The Hall–Kier alpha value is -0.370. The first-order valence-corrected chi connectivity index (χ1v) is 10.7. The van der Waals surface area contributed by atoms with E-state index in [4.69, 9.17) is 20.2 Å². The Morgan fingerprint density at radius 3 is 2.12 bits per heavy atom. The molecule has 0 spiro atoms. The number of rotatable bonds is 6. The van der Waals surface area contributed by atoms with Gasteiger partial charge in [0.2, 0.25) is 9.05 Å². The Morgan fingerprint density at radius 1 is 1.25 bits per heavy atom. The van der Waals surface area contributed by atoms with Crippen LogP contribution in [0.5, 0.6) is 0 Å². The van der Waals surface area contributed by atoms with Gasteiger partial charge in [0, 0.05) is 24.4 Å². The van der Waals surface area contributed by atoms with Crippen molar-refractivity contribution in [1.29, 1.82) is 0 Å². The number of hydrogen-bond donors (Lipinski definition) is 1. The van der Waals surface area contributed by atoms with Gasteiger partial charge in [0.1, 0.15) is 0 Å². The Balaban J connectivity index is 0.000000506. The van der Waals surface area contributed by atoms with Crippen molar-refractivity contribution < 1.29 is 22.7 Å². The van der Waals surface area contributed by atoms with Crippen LogP contribution in [0.4, 0.5) is 0 Å². The van der Waals surface area contributed by atoms with Gasteiger partial charge in [-0.3, -0.25) is 4.79 Å². The van der Waals surface area contributed by atoms with Crippen molar-refractivity contribution >= 4 is 25.7 Å². The van der Waals surface area contributed by atoms with Crippen molar-refractivity contribution in [3.05, 3.63) is 0 Å². The Labute approximate surface area is 151 Å². The zero-order valence-electron chi connectivity index (χ0n) is 15.5. The summed E-state index contributed by atoms with van der Waals surface area (Å²) < 4.78 is 31.1. The van der Waals surface area contributed by atoms with E-state index in [0.29, 0.717) is 13.2 Å². The highest BCUT2D eigenvalue weighted by Gasteiger charge is 2.40. The highest BCUT2D eigenvalue weighted by atomic mass is 35.7. The molecule has 0 aromatic carbocycles. The third kappa shape index (κ3) is 10.5. The van der Waals surface area contributed by atoms with E-state index in [2.05, 4.69) is 5.32 Å². The molecule has 144 valence electrons. The van der Waals surface area contributed by atoms with Crippen molar-refractivity contribution in [2.75, 3.05) is 39.2 Å². The first-order chi connectivity index (χ1) is 11.0. The minimum Gasteiger partial charge on any atom is -0.466 e. The number of piperidine rings is 1. The second-order valence-electron chi connectivity index (χ2n) is 7.24. The molecule has 0 unspecified atom stereocenters. The van der Waals surface area contributed by atoms with Crippen LogP contribution in [-0.4, -0.2) is 53.6 Å². The third-order valence-corrected chi connectivity index (χ3v) is 5.20. The molecule has 1 heterocycles. The number of halogens is 1. The number of nitrogens with one attached hydrogen (secondary N) is 1. The molecule has 0 bridgehead atoms. The van der Waals surface area contributed by atoms with Crippen LogP contribution in [0.1, 0.15) is 47.0 Å². The van der Waals surface area contributed by atoms with E-state index in [1.807, 2.05) is 27.7 Å². The summed E-state index contributed by atoms with van der Waals surface area (Å²) in [6, 6.07) is 0. The first kappa shape index (κ1) is 23.6. The fourth-order valence-corrected chi connectivity index (χ4v) is 4.58. The van der Waals surface area contributed by atoms with Crippen molar-refractivity contribution in [2.45, 2.75) is 47.0 Å². The molecular weight excluding hydrogens is 354 g/mol. The van der Waals surface area contributed by atoms with Gasteiger partial charge >= 0.3 is 5.97 Å². The normalized spacial score (nSPS) is 17.6. The lowest BCUT2D eigenvalue weighted by molar-refractivity contribution is -0.158. The van der Waals surface area contributed by atoms with E-state index in [9.17, 15) is 13.2 Å². The summed E-state index contributed by atoms with van der Waals surface area (Å²) in [5.74, 6) is -0.0229. The predicted octanol–water partition coefficient (Wildman–Crippen LogP) is 2.56. The maximum absolute atomic E-state index is 11.9. The molecule has 1 aliphatic rings. The van der Waals surface area contributed by atoms with Crippen LogP contribution in [0.3, 0.4) is 0 Å². The van der Waals surface area contributed by atoms with Gasteiger partial charge < -0.3 is 14.8 Å². The highest BCUT2D eigenvalue weighted by Crippen LogP contribution is 2.34. The van der Waals surface area contributed by atoms with Gasteiger partial charge in [0.15, 0.2) is 0 Å². The Bertz CT molecular complexity index is 467. The van der Waals surface area contributed by atoms with E-state index < -0.39 is 9.05 Å². The number of esters is 1. The summed E-state index contributed by atoms with van der Waals surface area (Å²) in [7, 11) is 3.35. The molecule has 1 saturated heterocycles. The lowest BCUT2D eigenvalue weighted by Gasteiger charge is -2.35. The molecular formula is C16H32ClNO5S. The van der Waals surface area contributed by atoms with Gasteiger partial charge in [-0.1, -0.05) is 20.8 Å². The molecule has 0 radical (unpaired) electrons. The summed E-state index contributed by atoms with van der Waals surface area (Å²) >= 11 is 0. The topological polar surface area (TPSA) is 81.7 Å². The van der Waals surface area contributed by atoms with Crippen LogP contribution < -0.4 is 5.32 Å². The van der Waals surface area contributed by atoms with Crippen LogP contribution in [-0.2, 0) is 23.3 Å².